The van der Waals surface area contributed by atoms with E-state index in [1.807, 2.05) is 11.8 Å². The molecule has 1 aliphatic carbocycles. The molecule has 0 radical (unpaired) electrons. The van der Waals surface area contributed by atoms with Crippen molar-refractivity contribution in [2.75, 3.05) is 13.2 Å². The first-order chi connectivity index (χ1) is 9.81. The number of hydrogen-bond acceptors (Lipinski definition) is 2. The second-order valence-corrected chi connectivity index (χ2v) is 5.88. The molecule has 0 aromatic heterocycles. The van der Waals surface area contributed by atoms with Crippen LogP contribution in [-0.4, -0.2) is 30.2 Å². The first-order valence-electron chi connectivity index (χ1n) is 7.79. The maximum atomic E-state index is 12.1. The van der Waals surface area contributed by atoms with Crippen LogP contribution in [0.2, 0.25) is 0 Å². The lowest BCUT2D eigenvalue weighted by Crippen LogP contribution is -2.40. The molecule has 21 heavy (non-hydrogen) atoms. The summed E-state index contributed by atoms with van der Waals surface area (Å²) in [6, 6.07) is 11.0. The van der Waals surface area contributed by atoms with Gasteiger partial charge in [0.2, 0.25) is 0 Å². The zero-order valence-electron chi connectivity index (χ0n) is 12.5. The van der Waals surface area contributed by atoms with E-state index in [1.165, 1.54) is 18.4 Å². The number of benzene rings is 1. The maximum absolute atomic E-state index is 12.1. The van der Waals surface area contributed by atoms with E-state index in [1.54, 1.807) is 0 Å². The molecule has 0 spiro atoms. The van der Waals surface area contributed by atoms with Gasteiger partial charge in [0, 0.05) is 18.5 Å². The summed E-state index contributed by atoms with van der Waals surface area (Å²) in [5.74, 6) is 1.24. The van der Waals surface area contributed by atoms with Gasteiger partial charge in [0.15, 0.2) is 0 Å². The minimum absolute atomic E-state index is 0. The van der Waals surface area contributed by atoms with Crippen molar-refractivity contribution in [3.05, 3.63) is 35.9 Å². The van der Waals surface area contributed by atoms with Crippen molar-refractivity contribution in [2.24, 2.45) is 5.92 Å². The molecule has 3 rings (SSSR count). The first-order valence-corrected chi connectivity index (χ1v) is 7.79. The van der Waals surface area contributed by atoms with Crippen LogP contribution in [0.25, 0.3) is 0 Å². The molecule has 0 bridgehead atoms. The van der Waals surface area contributed by atoms with Crippen LogP contribution in [0.3, 0.4) is 0 Å². The average molecular weight is 310 g/mol. The van der Waals surface area contributed by atoms with Gasteiger partial charge in [-0.15, -0.1) is 12.4 Å². The van der Waals surface area contributed by atoms with Crippen molar-refractivity contribution in [1.82, 2.24) is 4.90 Å². The molecule has 3 nitrogen and oxygen atoms in total. The van der Waals surface area contributed by atoms with Gasteiger partial charge in [0.1, 0.15) is 0 Å². The van der Waals surface area contributed by atoms with Crippen LogP contribution >= 0.6 is 12.4 Å². The minimum Gasteiger partial charge on any atom is -0.450 e. The maximum Gasteiger partial charge on any atom is 0.410 e. The third-order valence-corrected chi connectivity index (χ3v) is 4.53. The summed E-state index contributed by atoms with van der Waals surface area (Å²) in [7, 11) is 0. The Balaban J connectivity index is 0.00000161. The highest BCUT2D eigenvalue weighted by Crippen LogP contribution is 2.48. The highest BCUT2D eigenvalue weighted by molar-refractivity contribution is 5.85. The second kappa shape index (κ2) is 7.17. The highest BCUT2D eigenvalue weighted by atomic mass is 35.5. The van der Waals surface area contributed by atoms with E-state index < -0.39 is 0 Å². The number of carbonyl (C=O) groups excluding carboxylic acids is 1. The van der Waals surface area contributed by atoms with Crippen LogP contribution in [0.5, 0.6) is 0 Å². The van der Waals surface area contributed by atoms with Crippen LogP contribution in [0.1, 0.15) is 44.1 Å². The van der Waals surface area contributed by atoms with Crippen molar-refractivity contribution >= 4 is 18.5 Å². The summed E-state index contributed by atoms with van der Waals surface area (Å²) in [6.45, 7) is 3.18. The predicted molar refractivity (Wildman–Crippen MR) is 85.9 cm³/mol. The third kappa shape index (κ3) is 3.52. The molecular formula is C17H24ClNO2. The number of halogens is 1. The van der Waals surface area contributed by atoms with Gasteiger partial charge in [0.05, 0.1) is 6.61 Å². The Bertz CT molecular complexity index is 461. The van der Waals surface area contributed by atoms with Crippen molar-refractivity contribution < 1.29 is 9.53 Å². The lowest BCUT2D eigenvalue weighted by atomic mass is 9.86. The average Bonchev–Trinajstić information content (AvgIpc) is 3.17. The number of rotatable bonds is 4. The second-order valence-electron chi connectivity index (χ2n) is 5.88. The molecule has 1 aliphatic heterocycles. The predicted octanol–water partition coefficient (Wildman–Crippen LogP) is 4.22. The fraction of sp³-hybridized carbons (Fsp3) is 0.588. The van der Waals surface area contributed by atoms with E-state index in [4.69, 9.17) is 4.74 Å². The van der Waals surface area contributed by atoms with Crippen LogP contribution < -0.4 is 0 Å². The van der Waals surface area contributed by atoms with Gasteiger partial charge in [-0.05, 0) is 44.1 Å². The third-order valence-electron chi connectivity index (χ3n) is 4.53. The van der Waals surface area contributed by atoms with Gasteiger partial charge >= 0.3 is 6.09 Å². The number of amides is 1. The molecule has 0 N–H and O–H groups in total. The van der Waals surface area contributed by atoms with Crippen LogP contribution in [0, 0.1) is 5.92 Å². The molecule has 116 valence electrons. The Hall–Kier alpha value is -1.22. The standard InChI is InChI=1S/C17H23NO2.ClH/c1-2-20-17(19)18-12-6-9-15(18)16(14-10-11-14)13-7-4-3-5-8-13;/h3-5,7-8,14-16H,2,6,9-12H2,1H3;1H. The molecule has 2 unspecified atom stereocenters. The number of hydrogen-bond donors (Lipinski definition) is 0. The molecule has 1 aromatic rings. The Labute approximate surface area is 133 Å². The molecule has 4 heteroatoms. The quantitative estimate of drug-likeness (QED) is 0.833. The molecular weight excluding hydrogens is 286 g/mol. The first kappa shape index (κ1) is 16.2. The number of ether oxygens (including phenoxy) is 1. The van der Waals surface area contributed by atoms with Crippen molar-refractivity contribution in [2.45, 2.75) is 44.6 Å². The van der Waals surface area contributed by atoms with Crippen molar-refractivity contribution in [3.8, 4) is 0 Å². The van der Waals surface area contributed by atoms with Crippen molar-refractivity contribution in [1.29, 1.82) is 0 Å². The Morgan fingerprint density at radius 1 is 1.29 bits per heavy atom. The monoisotopic (exact) mass is 309 g/mol. The van der Waals surface area contributed by atoms with Gasteiger partial charge in [-0.25, -0.2) is 4.79 Å². The van der Waals surface area contributed by atoms with E-state index in [9.17, 15) is 4.79 Å². The fourth-order valence-electron chi connectivity index (χ4n) is 3.54. The van der Waals surface area contributed by atoms with E-state index in [0.29, 0.717) is 18.6 Å². The SMILES string of the molecule is CCOC(=O)N1CCCC1C(c1ccccc1)C1CC1.Cl. The fourth-order valence-corrected chi connectivity index (χ4v) is 3.54. The summed E-state index contributed by atoms with van der Waals surface area (Å²) in [4.78, 5) is 14.1. The highest BCUT2D eigenvalue weighted by Gasteiger charge is 2.43. The molecule has 1 aromatic carbocycles. The van der Waals surface area contributed by atoms with Crippen LogP contribution in [0.15, 0.2) is 30.3 Å². The molecule has 1 amide bonds. The van der Waals surface area contributed by atoms with Crippen molar-refractivity contribution in [3.63, 3.8) is 0 Å². The van der Waals surface area contributed by atoms with Gasteiger partial charge in [-0.2, -0.15) is 0 Å². The van der Waals surface area contributed by atoms with Crippen LogP contribution in [-0.2, 0) is 4.74 Å². The van der Waals surface area contributed by atoms with Crippen LogP contribution in [0.4, 0.5) is 4.79 Å². The summed E-state index contributed by atoms with van der Waals surface area (Å²) >= 11 is 0. The lowest BCUT2D eigenvalue weighted by molar-refractivity contribution is 0.0964. The van der Waals surface area contributed by atoms with E-state index in [0.717, 1.165) is 25.3 Å². The smallest absolute Gasteiger partial charge is 0.410 e. The zero-order chi connectivity index (χ0) is 13.9. The van der Waals surface area contributed by atoms with Gasteiger partial charge in [0.25, 0.3) is 0 Å². The largest absolute Gasteiger partial charge is 0.450 e. The molecule has 1 saturated heterocycles. The summed E-state index contributed by atoms with van der Waals surface area (Å²) in [6.07, 6.45) is 4.67. The normalized spacial score (nSPS) is 22.5. The lowest BCUT2D eigenvalue weighted by Gasteiger charge is -2.31. The Kier molecular flexibility index (Phi) is 5.51. The molecule has 1 saturated carbocycles. The van der Waals surface area contributed by atoms with Gasteiger partial charge < -0.3 is 9.64 Å². The Morgan fingerprint density at radius 3 is 2.62 bits per heavy atom. The molecule has 1 heterocycles. The summed E-state index contributed by atoms with van der Waals surface area (Å²) < 4.78 is 5.23. The number of nitrogens with zero attached hydrogens (tertiary/aromatic N) is 1. The molecule has 2 atom stereocenters. The topological polar surface area (TPSA) is 29.5 Å². The summed E-state index contributed by atoms with van der Waals surface area (Å²) in [5, 5.41) is 0. The number of carbonyl (C=O) groups is 1. The van der Waals surface area contributed by atoms with Gasteiger partial charge in [-0.1, -0.05) is 30.3 Å². The minimum atomic E-state index is -0.128. The summed E-state index contributed by atoms with van der Waals surface area (Å²) in [5.41, 5.74) is 1.39. The van der Waals surface area contributed by atoms with E-state index in [2.05, 4.69) is 30.3 Å². The van der Waals surface area contributed by atoms with Gasteiger partial charge in [-0.3, -0.25) is 0 Å². The molecule has 2 aliphatic rings. The zero-order valence-corrected chi connectivity index (χ0v) is 13.3. The van der Waals surface area contributed by atoms with E-state index in [-0.39, 0.29) is 18.5 Å². The molecule has 2 fully saturated rings. The number of likely N-dealkylation sites (tertiary alicyclic amines) is 1. The van der Waals surface area contributed by atoms with E-state index >= 15 is 0 Å². The Morgan fingerprint density at radius 2 is 2.00 bits per heavy atom.